The van der Waals surface area contributed by atoms with Crippen LogP contribution in [0.15, 0.2) is 40.6 Å². The number of hydrogen-bond donors (Lipinski definition) is 1. The van der Waals surface area contributed by atoms with E-state index in [4.69, 9.17) is 5.73 Å². The molecule has 0 amide bonds. The summed E-state index contributed by atoms with van der Waals surface area (Å²) in [6, 6.07) is 7.56. The number of halogens is 1. The number of hydrogen-bond acceptors (Lipinski definition) is 4. The third kappa shape index (κ3) is 2.84. The first-order valence-corrected chi connectivity index (χ1v) is 8.35. The van der Waals surface area contributed by atoms with Gasteiger partial charge in [-0.3, -0.25) is 0 Å². The third-order valence-electron chi connectivity index (χ3n) is 2.86. The summed E-state index contributed by atoms with van der Waals surface area (Å²) >= 11 is 1.46. The molecule has 0 aliphatic heterocycles. The van der Waals surface area contributed by atoms with Gasteiger partial charge < -0.3 is 5.73 Å². The van der Waals surface area contributed by atoms with Gasteiger partial charge in [-0.05, 0) is 23.6 Å². The molecule has 2 rings (SSSR count). The molecule has 4 nitrogen and oxygen atoms in total. The normalized spacial score (nSPS) is 11.9. The van der Waals surface area contributed by atoms with E-state index < -0.39 is 20.7 Å². The van der Waals surface area contributed by atoms with Gasteiger partial charge in [0.25, 0.3) is 0 Å². The number of nitrogen functional groups attached to an aromatic ring is 1. The molecular formula is C13H15FN2O2S2. The zero-order chi connectivity index (χ0) is 14.8. The zero-order valence-corrected chi connectivity index (χ0v) is 12.5. The monoisotopic (exact) mass is 314 g/mol. The largest absolute Gasteiger partial charge is 0.398 e. The minimum absolute atomic E-state index is 0.0744. The Labute approximate surface area is 121 Å². The molecule has 0 aliphatic carbocycles. The summed E-state index contributed by atoms with van der Waals surface area (Å²) in [5.41, 5.74) is 5.56. The predicted molar refractivity (Wildman–Crippen MR) is 78.4 cm³/mol. The zero-order valence-electron chi connectivity index (χ0n) is 10.9. The van der Waals surface area contributed by atoms with E-state index in [1.165, 1.54) is 27.8 Å². The Hall–Kier alpha value is -1.44. The minimum atomic E-state index is -3.95. The van der Waals surface area contributed by atoms with Crippen LogP contribution in [0.4, 0.5) is 10.1 Å². The molecule has 0 radical (unpaired) electrons. The highest BCUT2D eigenvalue weighted by Gasteiger charge is 2.28. The Kier molecular flexibility index (Phi) is 4.42. The summed E-state index contributed by atoms with van der Waals surface area (Å²) in [6.45, 7) is 2.17. The van der Waals surface area contributed by atoms with Crippen LogP contribution in [0.5, 0.6) is 0 Å². The number of nitrogens with two attached hydrogens (primary N) is 1. The molecule has 7 heteroatoms. The molecule has 108 valence electrons. The van der Waals surface area contributed by atoms with Crippen molar-refractivity contribution in [3.63, 3.8) is 0 Å². The minimum Gasteiger partial charge on any atom is -0.398 e. The first kappa shape index (κ1) is 15.0. The quantitative estimate of drug-likeness (QED) is 0.863. The number of thiophene rings is 1. The second-order valence-corrected chi connectivity index (χ2v) is 7.08. The van der Waals surface area contributed by atoms with E-state index in [-0.39, 0.29) is 18.8 Å². The molecule has 0 saturated heterocycles. The van der Waals surface area contributed by atoms with E-state index in [2.05, 4.69) is 0 Å². The Morgan fingerprint density at radius 1 is 1.30 bits per heavy atom. The number of benzene rings is 1. The van der Waals surface area contributed by atoms with E-state index >= 15 is 0 Å². The fourth-order valence-corrected chi connectivity index (χ4v) is 4.26. The van der Waals surface area contributed by atoms with E-state index in [0.717, 1.165) is 10.9 Å². The predicted octanol–water partition coefficient (Wildman–Crippen LogP) is 2.68. The van der Waals surface area contributed by atoms with Gasteiger partial charge in [-0.2, -0.15) is 4.31 Å². The Bertz CT molecular complexity index is 664. The van der Waals surface area contributed by atoms with Crippen molar-refractivity contribution in [2.45, 2.75) is 18.4 Å². The van der Waals surface area contributed by atoms with Crippen molar-refractivity contribution in [2.24, 2.45) is 0 Å². The maximum atomic E-state index is 13.8. The van der Waals surface area contributed by atoms with Crippen molar-refractivity contribution in [3.05, 3.63) is 46.4 Å². The highest BCUT2D eigenvalue weighted by molar-refractivity contribution is 7.89. The van der Waals surface area contributed by atoms with Crippen LogP contribution in [0.1, 0.15) is 11.8 Å². The van der Waals surface area contributed by atoms with Gasteiger partial charge in [0, 0.05) is 18.0 Å². The van der Waals surface area contributed by atoms with Crippen molar-refractivity contribution < 1.29 is 12.8 Å². The van der Waals surface area contributed by atoms with Gasteiger partial charge in [-0.15, -0.1) is 11.3 Å². The molecule has 1 aromatic heterocycles. The van der Waals surface area contributed by atoms with Gasteiger partial charge in [-0.1, -0.05) is 19.1 Å². The summed E-state index contributed by atoms with van der Waals surface area (Å²) in [7, 11) is -3.95. The average Bonchev–Trinajstić information content (AvgIpc) is 2.88. The second-order valence-electron chi connectivity index (χ2n) is 4.17. The van der Waals surface area contributed by atoms with Crippen molar-refractivity contribution >= 4 is 27.0 Å². The highest BCUT2D eigenvalue weighted by atomic mass is 32.2. The SMILES string of the molecule is CCN(Cc1cccs1)S(=O)(=O)c1c(N)cccc1F. The van der Waals surface area contributed by atoms with E-state index in [1.807, 2.05) is 17.5 Å². The molecule has 0 bridgehead atoms. The molecule has 1 heterocycles. The maximum absolute atomic E-state index is 13.8. The molecule has 2 aromatic rings. The van der Waals surface area contributed by atoms with Gasteiger partial charge in [0.2, 0.25) is 10.0 Å². The topological polar surface area (TPSA) is 63.4 Å². The van der Waals surface area contributed by atoms with Crippen LogP contribution >= 0.6 is 11.3 Å². The van der Waals surface area contributed by atoms with Crippen LogP contribution in [0.3, 0.4) is 0 Å². The molecular weight excluding hydrogens is 299 g/mol. The van der Waals surface area contributed by atoms with Crippen LogP contribution in [0, 0.1) is 5.82 Å². The van der Waals surface area contributed by atoms with Gasteiger partial charge in [-0.25, -0.2) is 12.8 Å². The first-order valence-electron chi connectivity index (χ1n) is 6.03. The lowest BCUT2D eigenvalue weighted by molar-refractivity contribution is 0.422. The Balaban J connectivity index is 2.42. The number of rotatable bonds is 5. The summed E-state index contributed by atoms with van der Waals surface area (Å²) < 4.78 is 40.1. The Morgan fingerprint density at radius 2 is 2.05 bits per heavy atom. The van der Waals surface area contributed by atoms with Gasteiger partial charge in [0.15, 0.2) is 0 Å². The molecule has 0 atom stereocenters. The third-order valence-corrected chi connectivity index (χ3v) is 5.74. The van der Waals surface area contributed by atoms with Crippen LogP contribution in [0.2, 0.25) is 0 Å². The summed E-state index contributed by atoms with van der Waals surface area (Å²) in [5, 5.41) is 1.87. The lowest BCUT2D eigenvalue weighted by Crippen LogP contribution is -2.31. The van der Waals surface area contributed by atoms with Gasteiger partial charge in [0.1, 0.15) is 10.7 Å². The number of sulfonamides is 1. The number of nitrogens with zero attached hydrogens (tertiary/aromatic N) is 1. The molecule has 0 spiro atoms. The average molecular weight is 314 g/mol. The lowest BCUT2D eigenvalue weighted by Gasteiger charge is -2.21. The second kappa shape index (κ2) is 5.90. The van der Waals surface area contributed by atoms with Crippen molar-refractivity contribution in [1.29, 1.82) is 0 Å². The maximum Gasteiger partial charge on any atom is 0.248 e. The smallest absolute Gasteiger partial charge is 0.248 e. The Morgan fingerprint density at radius 3 is 2.60 bits per heavy atom. The van der Waals surface area contributed by atoms with E-state index in [1.54, 1.807) is 6.92 Å². The summed E-state index contributed by atoms with van der Waals surface area (Å²) in [6.07, 6.45) is 0. The van der Waals surface area contributed by atoms with E-state index in [0.29, 0.717) is 0 Å². The first-order chi connectivity index (χ1) is 9.46. The van der Waals surface area contributed by atoms with Crippen molar-refractivity contribution in [3.8, 4) is 0 Å². The molecule has 20 heavy (non-hydrogen) atoms. The summed E-state index contributed by atoms with van der Waals surface area (Å²) in [5.74, 6) is -0.824. The van der Waals surface area contributed by atoms with Crippen LogP contribution in [-0.2, 0) is 16.6 Å². The molecule has 0 unspecified atom stereocenters. The molecule has 0 fully saturated rings. The van der Waals surface area contributed by atoms with Crippen molar-refractivity contribution in [1.82, 2.24) is 4.31 Å². The standard InChI is InChI=1S/C13H15FN2O2S2/c1-2-16(9-10-5-4-8-19-10)20(17,18)13-11(14)6-3-7-12(13)15/h3-8H,2,9,15H2,1H3. The fourth-order valence-electron chi connectivity index (χ4n) is 1.87. The van der Waals surface area contributed by atoms with Crippen LogP contribution < -0.4 is 5.73 Å². The fraction of sp³-hybridized carbons (Fsp3) is 0.231. The van der Waals surface area contributed by atoms with Crippen LogP contribution in [-0.4, -0.2) is 19.3 Å². The van der Waals surface area contributed by atoms with Gasteiger partial charge >= 0.3 is 0 Å². The number of anilines is 1. The van der Waals surface area contributed by atoms with E-state index in [9.17, 15) is 12.8 Å². The molecule has 0 saturated carbocycles. The summed E-state index contributed by atoms with van der Waals surface area (Å²) in [4.78, 5) is 0.448. The molecule has 0 aliphatic rings. The molecule has 1 aromatic carbocycles. The molecule has 2 N–H and O–H groups in total. The van der Waals surface area contributed by atoms with Crippen molar-refractivity contribution in [2.75, 3.05) is 12.3 Å². The van der Waals surface area contributed by atoms with Crippen LogP contribution in [0.25, 0.3) is 0 Å². The lowest BCUT2D eigenvalue weighted by atomic mass is 10.3. The van der Waals surface area contributed by atoms with Gasteiger partial charge in [0.05, 0.1) is 5.69 Å². The highest BCUT2D eigenvalue weighted by Crippen LogP contribution is 2.27.